The van der Waals surface area contributed by atoms with Gasteiger partial charge in [-0.2, -0.15) is 0 Å². The van der Waals surface area contributed by atoms with Crippen LogP contribution in [0.2, 0.25) is 0 Å². The third-order valence-electron chi connectivity index (χ3n) is 3.89. The van der Waals surface area contributed by atoms with E-state index in [0.717, 1.165) is 0 Å². The topological polar surface area (TPSA) is 78.3 Å². The molecule has 0 aromatic carbocycles. The number of esters is 1. The number of hydrogen-bond acceptors (Lipinski definition) is 4. The fourth-order valence-electron chi connectivity index (χ4n) is 2.32. The first-order valence-corrected chi connectivity index (χ1v) is 6.18. The number of hydrogen-bond donors (Lipinski definition) is 2. The first kappa shape index (κ1) is 14.2. The van der Waals surface area contributed by atoms with Crippen molar-refractivity contribution in [3.63, 3.8) is 0 Å². The molecule has 1 aliphatic rings. The van der Waals surface area contributed by atoms with Gasteiger partial charge in [-0.05, 0) is 24.2 Å². The summed E-state index contributed by atoms with van der Waals surface area (Å²) in [4.78, 5) is 11.6. The lowest BCUT2D eigenvalue weighted by Crippen LogP contribution is -2.51. The maximum atomic E-state index is 11.6. The summed E-state index contributed by atoms with van der Waals surface area (Å²) in [5.41, 5.74) is 12.8. The lowest BCUT2D eigenvalue weighted by molar-refractivity contribution is -0.136. The summed E-state index contributed by atoms with van der Waals surface area (Å²) < 4.78 is 4.76. The monoisotopic (exact) mass is 240 g/mol. The third kappa shape index (κ3) is 3.07. The minimum Gasteiger partial charge on any atom is -0.466 e. The largest absolute Gasteiger partial charge is 0.466 e. The van der Waals surface area contributed by atoms with Gasteiger partial charge in [-0.1, -0.05) is 26.8 Å². The van der Waals surface area contributed by atoms with E-state index < -0.39 is 0 Å². The molecule has 4 nitrogen and oxygen atoms in total. The molecule has 0 spiro atoms. The van der Waals surface area contributed by atoms with Crippen LogP contribution >= 0.6 is 0 Å². The SMILES string of the molecule is COC(=O)C1=CC(C(C)C(C)C)C(N)C(N)C1. The average molecular weight is 240 g/mol. The van der Waals surface area contributed by atoms with E-state index in [1.165, 1.54) is 7.11 Å². The van der Waals surface area contributed by atoms with E-state index in [0.29, 0.717) is 23.8 Å². The molecule has 0 radical (unpaired) electrons. The van der Waals surface area contributed by atoms with Gasteiger partial charge >= 0.3 is 5.97 Å². The first-order valence-electron chi connectivity index (χ1n) is 6.18. The van der Waals surface area contributed by atoms with Gasteiger partial charge in [0.05, 0.1) is 7.11 Å². The highest BCUT2D eigenvalue weighted by Crippen LogP contribution is 2.31. The Morgan fingerprint density at radius 1 is 1.41 bits per heavy atom. The zero-order valence-electron chi connectivity index (χ0n) is 11.1. The fraction of sp³-hybridized carbons (Fsp3) is 0.769. The van der Waals surface area contributed by atoms with Crippen molar-refractivity contribution in [2.45, 2.75) is 39.3 Å². The third-order valence-corrected chi connectivity index (χ3v) is 3.89. The first-order chi connectivity index (χ1) is 7.88. The molecule has 0 fully saturated rings. The van der Waals surface area contributed by atoms with E-state index in [1.807, 2.05) is 6.08 Å². The van der Waals surface area contributed by atoms with E-state index in [9.17, 15) is 4.79 Å². The summed E-state index contributed by atoms with van der Waals surface area (Å²) in [5, 5.41) is 0. The molecule has 1 rings (SSSR count). The molecule has 4 heteroatoms. The van der Waals surface area contributed by atoms with E-state index in [-0.39, 0.29) is 24.0 Å². The van der Waals surface area contributed by atoms with Gasteiger partial charge < -0.3 is 16.2 Å². The van der Waals surface area contributed by atoms with Crippen molar-refractivity contribution in [2.75, 3.05) is 7.11 Å². The Morgan fingerprint density at radius 2 is 2.00 bits per heavy atom. The maximum Gasteiger partial charge on any atom is 0.333 e. The van der Waals surface area contributed by atoms with Crippen molar-refractivity contribution < 1.29 is 9.53 Å². The number of carbonyl (C=O) groups excluding carboxylic acids is 1. The van der Waals surface area contributed by atoms with Crippen LogP contribution in [0.25, 0.3) is 0 Å². The van der Waals surface area contributed by atoms with E-state index >= 15 is 0 Å². The lowest BCUT2D eigenvalue weighted by atomic mass is 9.73. The second kappa shape index (κ2) is 5.65. The molecular weight excluding hydrogens is 216 g/mol. The quantitative estimate of drug-likeness (QED) is 0.723. The molecule has 0 saturated heterocycles. The minimum atomic E-state index is -0.284. The second-order valence-electron chi connectivity index (χ2n) is 5.31. The number of carbonyl (C=O) groups is 1. The Balaban J connectivity index is 2.96. The second-order valence-corrected chi connectivity index (χ2v) is 5.31. The summed E-state index contributed by atoms with van der Waals surface area (Å²) in [5.74, 6) is 0.767. The zero-order chi connectivity index (χ0) is 13.2. The molecule has 0 aromatic rings. The van der Waals surface area contributed by atoms with Crippen LogP contribution in [0.1, 0.15) is 27.2 Å². The number of ether oxygens (including phenoxy) is 1. The van der Waals surface area contributed by atoms with Gasteiger partial charge in [0.15, 0.2) is 0 Å². The summed E-state index contributed by atoms with van der Waals surface area (Å²) in [6.07, 6.45) is 2.47. The average Bonchev–Trinajstić information content (AvgIpc) is 2.30. The van der Waals surface area contributed by atoms with Crippen molar-refractivity contribution in [1.29, 1.82) is 0 Å². The molecule has 0 bridgehead atoms. The van der Waals surface area contributed by atoms with Crippen LogP contribution in [-0.2, 0) is 9.53 Å². The van der Waals surface area contributed by atoms with Gasteiger partial charge in [-0.3, -0.25) is 0 Å². The van der Waals surface area contributed by atoms with Crippen LogP contribution in [0.4, 0.5) is 0 Å². The molecule has 0 amide bonds. The highest BCUT2D eigenvalue weighted by Gasteiger charge is 2.34. The van der Waals surface area contributed by atoms with Gasteiger partial charge in [-0.15, -0.1) is 0 Å². The van der Waals surface area contributed by atoms with Crippen molar-refractivity contribution in [3.05, 3.63) is 11.6 Å². The van der Waals surface area contributed by atoms with E-state index in [4.69, 9.17) is 16.2 Å². The number of rotatable bonds is 3. The Morgan fingerprint density at radius 3 is 2.47 bits per heavy atom. The molecule has 17 heavy (non-hydrogen) atoms. The summed E-state index contributed by atoms with van der Waals surface area (Å²) >= 11 is 0. The number of methoxy groups -OCH3 is 1. The molecule has 0 saturated carbocycles. The van der Waals surface area contributed by atoms with Crippen LogP contribution in [0.3, 0.4) is 0 Å². The van der Waals surface area contributed by atoms with Crippen LogP contribution in [-0.4, -0.2) is 25.2 Å². The summed E-state index contributed by atoms with van der Waals surface area (Å²) in [6, 6.07) is -0.249. The molecule has 98 valence electrons. The zero-order valence-corrected chi connectivity index (χ0v) is 11.1. The lowest BCUT2D eigenvalue weighted by Gasteiger charge is -2.37. The van der Waals surface area contributed by atoms with Gasteiger partial charge in [0.2, 0.25) is 0 Å². The molecule has 4 atom stereocenters. The van der Waals surface area contributed by atoms with E-state index in [2.05, 4.69) is 20.8 Å². The van der Waals surface area contributed by atoms with Crippen LogP contribution in [0.15, 0.2) is 11.6 Å². The maximum absolute atomic E-state index is 11.6. The van der Waals surface area contributed by atoms with E-state index in [1.54, 1.807) is 0 Å². The summed E-state index contributed by atoms with van der Waals surface area (Å²) in [6.45, 7) is 6.46. The van der Waals surface area contributed by atoms with Gasteiger partial charge in [0.1, 0.15) is 0 Å². The number of nitrogens with two attached hydrogens (primary N) is 2. The molecular formula is C13H24N2O2. The van der Waals surface area contributed by atoms with Gasteiger partial charge in [-0.25, -0.2) is 4.79 Å². The van der Waals surface area contributed by atoms with Crippen LogP contribution in [0, 0.1) is 17.8 Å². The van der Waals surface area contributed by atoms with Gasteiger partial charge in [0, 0.05) is 17.7 Å². The minimum absolute atomic E-state index is 0.0826. The Hall–Kier alpha value is -0.870. The standard InChI is InChI=1S/C13H24N2O2/c1-7(2)8(3)10-5-9(13(16)17-4)6-11(14)12(10)15/h5,7-8,10-12H,6,14-15H2,1-4H3. The predicted molar refractivity (Wildman–Crippen MR) is 68.2 cm³/mol. The Kier molecular flexibility index (Phi) is 4.71. The highest BCUT2D eigenvalue weighted by atomic mass is 16.5. The molecule has 0 aliphatic heterocycles. The van der Waals surface area contributed by atoms with Crippen molar-refractivity contribution in [2.24, 2.45) is 29.2 Å². The van der Waals surface area contributed by atoms with Crippen LogP contribution < -0.4 is 11.5 Å². The molecule has 4 unspecified atom stereocenters. The molecule has 0 aromatic heterocycles. The summed E-state index contributed by atoms with van der Waals surface area (Å²) in [7, 11) is 1.39. The Bertz CT molecular complexity index is 313. The molecule has 4 N–H and O–H groups in total. The molecule has 0 heterocycles. The van der Waals surface area contributed by atoms with Crippen molar-refractivity contribution in [3.8, 4) is 0 Å². The Labute approximate surface area is 103 Å². The highest BCUT2D eigenvalue weighted by molar-refractivity contribution is 5.88. The van der Waals surface area contributed by atoms with Crippen molar-refractivity contribution >= 4 is 5.97 Å². The fourth-order valence-corrected chi connectivity index (χ4v) is 2.32. The normalized spacial score (nSPS) is 31.0. The predicted octanol–water partition coefficient (Wildman–Crippen LogP) is 1.05. The smallest absolute Gasteiger partial charge is 0.333 e. The molecule has 1 aliphatic carbocycles. The van der Waals surface area contributed by atoms with Crippen molar-refractivity contribution in [1.82, 2.24) is 0 Å². The van der Waals surface area contributed by atoms with Crippen LogP contribution in [0.5, 0.6) is 0 Å². The van der Waals surface area contributed by atoms with Gasteiger partial charge in [0.25, 0.3) is 0 Å².